The summed E-state index contributed by atoms with van der Waals surface area (Å²) in [6.45, 7) is 1.94. The Morgan fingerprint density at radius 2 is 1.52 bits per heavy atom. The summed E-state index contributed by atoms with van der Waals surface area (Å²) in [6.07, 6.45) is 1.71. The van der Waals surface area contributed by atoms with Crippen LogP contribution in [0.25, 0.3) is 0 Å². The van der Waals surface area contributed by atoms with Crippen LogP contribution >= 0.6 is 0 Å². The van der Waals surface area contributed by atoms with Crippen molar-refractivity contribution in [3.05, 3.63) is 71.8 Å². The third kappa shape index (κ3) is 7.52. The molecule has 2 aromatic rings. The molecule has 0 aliphatic rings. The van der Waals surface area contributed by atoms with E-state index in [1.54, 1.807) is 12.1 Å². The molecule has 0 bridgehead atoms. The number of carbonyl (C=O) groups excluding carboxylic acids is 1. The highest BCUT2D eigenvalue weighted by Gasteiger charge is 2.15. The highest BCUT2D eigenvalue weighted by molar-refractivity contribution is 7.90. The van der Waals surface area contributed by atoms with Gasteiger partial charge in [0.1, 0.15) is 0 Å². The molecule has 4 nitrogen and oxygen atoms in total. The number of carbonyl (C=O) groups is 1. The van der Waals surface area contributed by atoms with Gasteiger partial charge in [-0.25, -0.2) is 8.42 Å². The molecule has 134 valence electrons. The number of hydrogen-bond acceptors (Lipinski definition) is 3. The summed E-state index contributed by atoms with van der Waals surface area (Å²) in [5.74, 6) is -0.360. The van der Waals surface area contributed by atoms with Crippen LogP contribution in [0, 0.1) is 0 Å². The van der Waals surface area contributed by atoms with Gasteiger partial charge in [-0.1, -0.05) is 60.7 Å². The van der Waals surface area contributed by atoms with Crippen molar-refractivity contribution in [2.45, 2.75) is 38.0 Å². The molecular formula is C20H25NO3S. The molecule has 0 aliphatic carbocycles. The van der Waals surface area contributed by atoms with Crippen molar-refractivity contribution < 1.29 is 13.2 Å². The maximum absolute atomic E-state index is 12.1. The Morgan fingerprint density at radius 3 is 2.12 bits per heavy atom. The summed E-state index contributed by atoms with van der Waals surface area (Å²) in [7, 11) is -3.28. The zero-order chi connectivity index (χ0) is 18.1. The van der Waals surface area contributed by atoms with Crippen LogP contribution in [0.2, 0.25) is 0 Å². The Hall–Kier alpha value is -2.14. The lowest BCUT2D eigenvalue weighted by atomic mass is 10.1. The molecule has 0 radical (unpaired) electrons. The second kappa shape index (κ2) is 9.37. The molecule has 0 heterocycles. The Balaban J connectivity index is 1.72. The molecule has 0 spiro atoms. The van der Waals surface area contributed by atoms with E-state index in [9.17, 15) is 13.2 Å². The Labute approximate surface area is 150 Å². The number of benzene rings is 2. The van der Waals surface area contributed by atoms with Crippen molar-refractivity contribution >= 4 is 15.7 Å². The van der Waals surface area contributed by atoms with Crippen molar-refractivity contribution in [2.75, 3.05) is 5.75 Å². The van der Waals surface area contributed by atoms with Gasteiger partial charge in [-0.3, -0.25) is 4.79 Å². The Bertz CT molecular complexity index is 758. The van der Waals surface area contributed by atoms with Crippen molar-refractivity contribution in [2.24, 2.45) is 0 Å². The maximum Gasteiger partial charge on any atom is 0.221 e. The van der Waals surface area contributed by atoms with E-state index in [1.807, 2.05) is 43.3 Å². The smallest absolute Gasteiger partial charge is 0.221 e. The summed E-state index contributed by atoms with van der Waals surface area (Å²) in [5.41, 5.74) is 1.98. The fourth-order valence-electron chi connectivity index (χ4n) is 2.60. The van der Waals surface area contributed by atoms with E-state index in [-0.39, 0.29) is 29.9 Å². The van der Waals surface area contributed by atoms with Crippen molar-refractivity contribution in [1.82, 2.24) is 5.32 Å². The molecule has 1 amide bonds. The Kier molecular flexibility index (Phi) is 7.19. The number of hydrogen-bond donors (Lipinski definition) is 1. The maximum atomic E-state index is 12.1. The lowest BCUT2D eigenvalue weighted by molar-refractivity contribution is -0.121. The standard InChI is InChI=1S/C20H25NO3S/c1-17(12-13-18-8-4-2-5-9-18)21-20(22)14-15-25(23,24)16-19-10-6-3-7-11-19/h2-11,17H,12-16H2,1H3,(H,21,22)/t17-/m1/s1. The van der Waals surface area contributed by atoms with Gasteiger partial charge in [0.25, 0.3) is 0 Å². The summed E-state index contributed by atoms with van der Waals surface area (Å²) in [4.78, 5) is 12.0. The average Bonchev–Trinajstić information content (AvgIpc) is 2.60. The fraction of sp³-hybridized carbons (Fsp3) is 0.350. The van der Waals surface area contributed by atoms with Gasteiger partial charge < -0.3 is 5.32 Å². The van der Waals surface area contributed by atoms with E-state index in [2.05, 4.69) is 17.4 Å². The zero-order valence-electron chi connectivity index (χ0n) is 14.5. The van der Waals surface area contributed by atoms with E-state index in [0.29, 0.717) is 0 Å². The van der Waals surface area contributed by atoms with E-state index in [1.165, 1.54) is 5.56 Å². The molecule has 0 aromatic heterocycles. The minimum atomic E-state index is -3.28. The number of sulfone groups is 1. The van der Waals surface area contributed by atoms with Crippen molar-refractivity contribution in [3.63, 3.8) is 0 Å². The first-order valence-corrected chi connectivity index (χ1v) is 10.3. The molecule has 0 fully saturated rings. The summed E-state index contributed by atoms with van der Waals surface area (Å²) >= 11 is 0. The normalized spacial score (nSPS) is 12.5. The van der Waals surface area contributed by atoms with Gasteiger partial charge in [0.2, 0.25) is 5.91 Å². The third-order valence-electron chi connectivity index (χ3n) is 3.99. The molecule has 0 saturated carbocycles. The minimum Gasteiger partial charge on any atom is -0.354 e. The number of amides is 1. The van der Waals surface area contributed by atoms with Crippen LogP contribution in [0.15, 0.2) is 60.7 Å². The molecule has 5 heteroatoms. The molecule has 1 N–H and O–H groups in total. The largest absolute Gasteiger partial charge is 0.354 e. The van der Waals surface area contributed by atoms with Gasteiger partial charge in [0, 0.05) is 12.5 Å². The van der Waals surface area contributed by atoms with Crippen LogP contribution in [-0.4, -0.2) is 26.1 Å². The second-order valence-electron chi connectivity index (χ2n) is 6.32. The van der Waals surface area contributed by atoms with Gasteiger partial charge in [-0.15, -0.1) is 0 Å². The molecule has 0 aliphatic heterocycles. The fourth-order valence-corrected chi connectivity index (χ4v) is 3.94. The van der Waals surface area contributed by atoms with E-state index < -0.39 is 9.84 Å². The van der Waals surface area contributed by atoms with E-state index in [4.69, 9.17) is 0 Å². The molecule has 0 unspecified atom stereocenters. The highest BCUT2D eigenvalue weighted by Crippen LogP contribution is 2.08. The Morgan fingerprint density at radius 1 is 0.960 bits per heavy atom. The predicted octanol–water partition coefficient (Wildman–Crippen LogP) is 3.13. The van der Waals surface area contributed by atoms with Crippen LogP contribution in [0.1, 0.15) is 30.9 Å². The topological polar surface area (TPSA) is 63.2 Å². The van der Waals surface area contributed by atoms with Gasteiger partial charge in [0.05, 0.1) is 11.5 Å². The zero-order valence-corrected chi connectivity index (χ0v) is 15.3. The molecule has 1 atom stereocenters. The number of nitrogens with one attached hydrogen (secondary N) is 1. The average molecular weight is 359 g/mol. The third-order valence-corrected chi connectivity index (χ3v) is 5.59. The van der Waals surface area contributed by atoms with Gasteiger partial charge >= 0.3 is 0 Å². The van der Waals surface area contributed by atoms with Crippen molar-refractivity contribution in [1.29, 1.82) is 0 Å². The molecular weight excluding hydrogens is 334 g/mol. The summed E-state index contributed by atoms with van der Waals surface area (Å²) < 4.78 is 24.2. The summed E-state index contributed by atoms with van der Waals surface area (Å²) in [6, 6.07) is 19.1. The van der Waals surface area contributed by atoms with Gasteiger partial charge in [0.15, 0.2) is 9.84 Å². The van der Waals surface area contributed by atoms with Crippen LogP contribution < -0.4 is 5.32 Å². The first-order chi connectivity index (χ1) is 11.9. The lowest BCUT2D eigenvalue weighted by Crippen LogP contribution is -2.34. The molecule has 0 saturated heterocycles. The lowest BCUT2D eigenvalue weighted by Gasteiger charge is -2.14. The SMILES string of the molecule is C[C@H](CCc1ccccc1)NC(=O)CCS(=O)(=O)Cc1ccccc1. The summed E-state index contributed by atoms with van der Waals surface area (Å²) in [5, 5.41) is 2.88. The van der Waals surface area contributed by atoms with Crippen LogP contribution in [0.3, 0.4) is 0 Å². The second-order valence-corrected chi connectivity index (χ2v) is 8.50. The van der Waals surface area contributed by atoms with Gasteiger partial charge in [-0.05, 0) is 30.9 Å². The molecule has 25 heavy (non-hydrogen) atoms. The molecule has 2 aromatic carbocycles. The first-order valence-electron chi connectivity index (χ1n) is 8.52. The van der Waals surface area contributed by atoms with Crippen LogP contribution in [0.4, 0.5) is 0 Å². The minimum absolute atomic E-state index is 0.00481. The number of rotatable bonds is 9. The number of aryl methyl sites for hydroxylation is 1. The first kappa shape index (κ1) is 19.2. The monoisotopic (exact) mass is 359 g/mol. The van der Waals surface area contributed by atoms with Crippen LogP contribution in [-0.2, 0) is 26.8 Å². The molecule has 2 rings (SSSR count). The van der Waals surface area contributed by atoms with E-state index >= 15 is 0 Å². The quantitative estimate of drug-likeness (QED) is 0.748. The predicted molar refractivity (Wildman–Crippen MR) is 101 cm³/mol. The van der Waals surface area contributed by atoms with E-state index in [0.717, 1.165) is 18.4 Å². The van der Waals surface area contributed by atoms with Crippen LogP contribution in [0.5, 0.6) is 0 Å². The highest BCUT2D eigenvalue weighted by atomic mass is 32.2. The van der Waals surface area contributed by atoms with Crippen molar-refractivity contribution in [3.8, 4) is 0 Å². The van der Waals surface area contributed by atoms with Gasteiger partial charge in [-0.2, -0.15) is 0 Å².